The summed E-state index contributed by atoms with van der Waals surface area (Å²) in [5.41, 5.74) is 1.74. The Labute approximate surface area is 156 Å². The first-order valence-electron chi connectivity index (χ1n) is 10.0. The zero-order valence-electron chi connectivity index (χ0n) is 16.2. The van der Waals surface area contributed by atoms with Crippen LogP contribution in [0.5, 0.6) is 0 Å². The van der Waals surface area contributed by atoms with Crippen LogP contribution >= 0.6 is 0 Å². The number of oxime groups is 2. The van der Waals surface area contributed by atoms with Crippen molar-refractivity contribution in [1.29, 1.82) is 0 Å². The van der Waals surface area contributed by atoms with Gasteiger partial charge in [0.05, 0.1) is 24.3 Å². The summed E-state index contributed by atoms with van der Waals surface area (Å²) in [5.74, 6) is -0.188. The van der Waals surface area contributed by atoms with Crippen molar-refractivity contribution in [3.63, 3.8) is 0 Å². The average Bonchev–Trinajstić information content (AvgIpc) is 2.69. The summed E-state index contributed by atoms with van der Waals surface area (Å²) in [6, 6.07) is 0. The van der Waals surface area contributed by atoms with Gasteiger partial charge in [-0.1, -0.05) is 48.8 Å². The van der Waals surface area contributed by atoms with Gasteiger partial charge in [0, 0.05) is 11.8 Å². The van der Waals surface area contributed by atoms with Crippen molar-refractivity contribution in [3.05, 3.63) is 0 Å². The molecule has 0 aliphatic heterocycles. The Hall–Kier alpha value is -1.72. The average molecular weight is 364 g/mol. The van der Waals surface area contributed by atoms with Crippen LogP contribution < -0.4 is 0 Å². The van der Waals surface area contributed by atoms with Gasteiger partial charge in [0.2, 0.25) is 0 Å². The molecular weight excluding hydrogens is 332 g/mol. The third-order valence-electron chi connectivity index (χ3n) is 5.51. The zero-order valence-corrected chi connectivity index (χ0v) is 16.2. The first-order valence-corrected chi connectivity index (χ1v) is 10.0. The van der Waals surface area contributed by atoms with Crippen LogP contribution in [-0.2, 0) is 19.3 Å². The lowest BCUT2D eigenvalue weighted by Crippen LogP contribution is -2.17. The number of carbonyl (C=O) groups is 2. The van der Waals surface area contributed by atoms with Gasteiger partial charge in [0.1, 0.15) is 0 Å². The normalized spacial score (nSPS) is 20.7. The van der Waals surface area contributed by atoms with Gasteiger partial charge in [-0.3, -0.25) is 0 Å². The number of nitrogens with zero attached hydrogens (tertiary/aromatic N) is 2. The molecule has 0 spiro atoms. The summed E-state index contributed by atoms with van der Waals surface area (Å²) in [4.78, 5) is 33.4. The predicted molar refractivity (Wildman–Crippen MR) is 101 cm³/mol. The summed E-state index contributed by atoms with van der Waals surface area (Å²) in [6.45, 7) is 3.81. The molecule has 0 unspecified atom stereocenters. The predicted octanol–water partition coefficient (Wildman–Crippen LogP) is 4.77. The molecule has 0 bridgehead atoms. The Morgan fingerprint density at radius 3 is 1.38 bits per heavy atom. The van der Waals surface area contributed by atoms with Crippen molar-refractivity contribution in [3.8, 4) is 0 Å². The summed E-state index contributed by atoms with van der Waals surface area (Å²) in [7, 11) is 0. The first kappa shape index (κ1) is 20.6. The first-order chi connectivity index (χ1) is 12.6. The van der Waals surface area contributed by atoms with Gasteiger partial charge >= 0.3 is 11.9 Å². The van der Waals surface area contributed by atoms with Crippen molar-refractivity contribution in [2.45, 2.75) is 90.9 Å². The Morgan fingerprint density at radius 2 is 1.04 bits per heavy atom. The molecule has 2 rings (SSSR count). The number of hydrogen-bond acceptors (Lipinski definition) is 6. The van der Waals surface area contributed by atoms with E-state index in [0.717, 1.165) is 37.1 Å². The molecule has 0 atom stereocenters. The monoisotopic (exact) mass is 364 g/mol. The van der Waals surface area contributed by atoms with Gasteiger partial charge in [-0.05, 0) is 39.5 Å². The van der Waals surface area contributed by atoms with Crippen LogP contribution in [0.1, 0.15) is 90.9 Å². The third-order valence-corrected chi connectivity index (χ3v) is 5.51. The van der Waals surface area contributed by atoms with Gasteiger partial charge in [0.15, 0.2) is 0 Å². The second-order valence-electron chi connectivity index (χ2n) is 7.56. The van der Waals surface area contributed by atoms with Crippen molar-refractivity contribution >= 4 is 23.4 Å². The molecule has 6 heteroatoms. The molecule has 0 aromatic heterocycles. The summed E-state index contributed by atoms with van der Waals surface area (Å²) >= 11 is 0. The molecule has 2 aliphatic carbocycles. The minimum absolute atomic E-state index is 0.0434. The summed E-state index contributed by atoms with van der Waals surface area (Å²) in [5, 5.41) is 7.90. The molecular formula is C20H32N2O4. The third kappa shape index (κ3) is 7.26. The molecule has 2 fully saturated rings. The molecule has 0 aromatic rings. The summed E-state index contributed by atoms with van der Waals surface area (Å²) in [6.07, 6.45) is 11.7. The Balaban J connectivity index is 1.65. The molecule has 2 saturated carbocycles. The molecule has 0 N–H and O–H groups in total. The molecule has 0 heterocycles. The molecule has 0 saturated heterocycles. The second kappa shape index (κ2) is 11.1. The highest BCUT2D eigenvalue weighted by Crippen LogP contribution is 2.25. The van der Waals surface area contributed by atoms with Crippen molar-refractivity contribution in [2.75, 3.05) is 0 Å². The lowest BCUT2D eigenvalue weighted by atomic mass is 9.86. The van der Waals surface area contributed by atoms with Crippen LogP contribution in [0, 0.1) is 11.8 Å². The van der Waals surface area contributed by atoms with Crippen LogP contribution in [0.4, 0.5) is 0 Å². The van der Waals surface area contributed by atoms with E-state index < -0.39 is 11.9 Å². The molecule has 6 nitrogen and oxygen atoms in total. The topological polar surface area (TPSA) is 77.3 Å². The van der Waals surface area contributed by atoms with Gasteiger partial charge in [-0.25, -0.2) is 9.59 Å². The molecule has 0 aromatic carbocycles. The molecule has 26 heavy (non-hydrogen) atoms. The van der Waals surface area contributed by atoms with Gasteiger partial charge in [0.25, 0.3) is 0 Å². The zero-order chi connectivity index (χ0) is 18.8. The quantitative estimate of drug-likeness (QED) is 0.370. The molecule has 146 valence electrons. The molecule has 2 aliphatic rings. The number of carbonyl (C=O) groups excluding carboxylic acids is 2. The fraction of sp³-hybridized carbons (Fsp3) is 0.800. The molecule has 0 radical (unpaired) electrons. The van der Waals surface area contributed by atoms with Gasteiger partial charge < -0.3 is 9.68 Å². The van der Waals surface area contributed by atoms with Crippen molar-refractivity contribution in [1.82, 2.24) is 0 Å². The van der Waals surface area contributed by atoms with Crippen LogP contribution in [0.2, 0.25) is 0 Å². The van der Waals surface area contributed by atoms with Crippen molar-refractivity contribution in [2.24, 2.45) is 22.1 Å². The standard InChI is InChI=1S/C20H32N2O4/c1-15(17-9-5-3-6-10-17)21-25-19(23)13-14-20(24)26-22-16(2)18-11-7-4-8-12-18/h17-18H,3-14H2,1-2H3/b21-15-,22-16+. The van der Waals surface area contributed by atoms with Crippen LogP contribution in [0.3, 0.4) is 0 Å². The largest absolute Gasteiger partial charge is 0.335 e. The SMILES string of the molecule is C/C(=N/OC(=O)CCC(=O)O/N=C(\C)C1CCCCC1)C1CCCCC1. The lowest BCUT2D eigenvalue weighted by molar-refractivity contribution is -0.150. The highest BCUT2D eigenvalue weighted by Gasteiger charge is 2.18. The van der Waals surface area contributed by atoms with E-state index >= 15 is 0 Å². The lowest BCUT2D eigenvalue weighted by Gasteiger charge is -2.20. The highest BCUT2D eigenvalue weighted by molar-refractivity contribution is 5.86. The van der Waals surface area contributed by atoms with E-state index in [0.29, 0.717) is 11.8 Å². The maximum atomic E-state index is 11.7. The highest BCUT2D eigenvalue weighted by atomic mass is 16.7. The van der Waals surface area contributed by atoms with E-state index in [1.54, 1.807) is 0 Å². The molecule has 0 amide bonds. The number of hydrogen-bond donors (Lipinski definition) is 0. The summed E-state index contributed by atoms with van der Waals surface area (Å²) < 4.78 is 0. The Morgan fingerprint density at radius 1 is 0.692 bits per heavy atom. The smallest absolute Gasteiger partial charge is 0.318 e. The van der Waals surface area contributed by atoms with E-state index in [9.17, 15) is 9.59 Å². The van der Waals surface area contributed by atoms with Gasteiger partial charge in [-0.2, -0.15) is 0 Å². The maximum Gasteiger partial charge on any atom is 0.335 e. The van der Waals surface area contributed by atoms with Crippen LogP contribution in [-0.4, -0.2) is 23.4 Å². The van der Waals surface area contributed by atoms with E-state index in [4.69, 9.17) is 9.68 Å². The van der Waals surface area contributed by atoms with Crippen LogP contribution in [0.15, 0.2) is 10.3 Å². The van der Waals surface area contributed by atoms with E-state index in [1.807, 2.05) is 13.8 Å². The van der Waals surface area contributed by atoms with Crippen LogP contribution in [0.25, 0.3) is 0 Å². The second-order valence-corrected chi connectivity index (χ2v) is 7.56. The van der Waals surface area contributed by atoms with Crippen molar-refractivity contribution < 1.29 is 19.3 Å². The van der Waals surface area contributed by atoms with E-state index in [-0.39, 0.29) is 12.8 Å². The van der Waals surface area contributed by atoms with Gasteiger partial charge in [-0.15, -0.1) is 0 Å². The fourth-order valence-electron chi connectivity index (χ4n) is 3.73. The number of rotatable bonds is 7. The minimum Gasteiger partial charge on any atom is -0.318 e. The van der Waals surface area contributed by atoms with E-state index in [2.05, 4.69) is 10.3 Å². The Kier molecular flexibility index (Phi) is 8.78. The maximum absolute atomic E-state index is 11.7. The fourth-order valence-corrected chi connectivity index (χ4v) is 3.73. The Bertz CT molecular complexity index is 482. The minimum atomic E-state index is -0.509. The van der Waals surface area contributed by atoms with E-state index in [1.165, 1.54) is 38.5 Å².